The lowest BCUT2D eigenvalue weighted by Crippen LogP contribution is -2.35. The number of fused-ring (bicyclic) bond motifs is 1. The third-order valence-corrected chi connectivity index (χ3v) is 3.45. The zero-order valence-electron chi connectivity index (χ0n) is 14.2. The predicted octanol–water partition coefficient (Wildman–Crippen LogP) is -1.20. The summed E-state index contributed by atoms with van der Waals surface area (Å²) in [6.07, 6.45) is -0.732. The zero-order chi connectivity index (χ0) is 17.4. The van der Waals surface area contributed by atoms with Gasteiger partial charge in [-0.1, -0.05) is 0 Å². The van der Waals surface area contributed by atoms with Crippen molar-refractivity contribution in [3.8, 4) is 0 Å². The Morgan fingerprint density at radius 2 is 1.29 bits per heavy atom. The molecule has 24 heavy (non-hydrogen) atoms. The van der Waals surface area contributed by atoms with Crippen LogP contribution in [0.3, 0.4) is 0 Å². The Morgan fingerprint density at radius 1 is 0.833 bits per heavy atom. The van der Waals surface area contributed by atoms with Crippen LogP contribution in [0.5, 0.6) is 0 Å². The second-order valence-corrected chi connectivity index (χ2v) is 6.05. The van der Waals surface area contributed by atoms with Gasteiger partial charge >= 0.3 is 0 Å². The van der Waals surface area contributed by atoms with Gasteiger partial charge in [0.05, 0.1) is 26.4 Å². The second-order valence-electron chi connectivity index (χ2n) is 6.05. The van der Waals surface area contributed by atoms with Crippen molar-refractivity contribution in [1.82, 2.24) is 10.6 Å². The summed E-state index contributed by atoms with van der Waals surface area (Å²) in [5.41, 5.74) is 0. The van der Waals surface area contributed by atoms with Crippen molar-refractivity contribution >= 4 is 11.8 Å². The van der Waals surface area contributed by atoms with Gasteiger partial charge in [0.25, 0.3) is 0 Å². The molecule has 138 valence electrons. The molecule has 0 aromatic heterocycles. The van der Waals surface area contributed by atoms with Gasteiger partial charge in [-0.2, -0.15) is 0 Å². The molecule has 2 N–H and O–H groups in total. The molecule has 9 nitrogen and oxygen atoms in total. The molecule has 0 radical (unpaired) electrons. The highest BCUT2D eigenvalue weighted by molar-refractivity contribution is 5.77. The molecule has 2 aliphatic rings. The van der Waals surface area contributed by atoms with Crippen LogP contribution < -0.4 is 10.6 Å². The molecule has 0 spiro atoms. The van der Waals surface area contributed by atoms with Crippen molar-refractivity contribution < 1.29 is 33.3 Å². The lowest BCUT2D eigenvalue weighted by molar-refractivity contribution is -0.155. The first-order chi connectivity index (χ1) is 11.5. The maximum atomic E-state index is 11.6. The third kappa shape index (κ3) is 6.70. The minimum atomic E-state index is -0.759. The van der Waals surface area contributed by atoms with Gasteiger partial charge < -0.3 is 34.3 Å². The summed E-state index contributed by atoms with van der Waals surface area (Å²) >= 11 is 0. The average molecular weight is 346 g/mol. The Balaban J connectivity index is 1.88. The van der Waals surface area contributed by atoms with Crippen LogP contribution in [0.1, 0.15) is 13.8 Å². The van der Waals surface area contributed by atoms with E-state index in [-0.39, 0.29) is 50.4 Å². The minimum absolute atomic E-state index is 0.0616. The van der Waals surface area contributed by atoms with Crippen molar-refractivity contribution in [3.05, 3.63) is 0 Å². The van der Waals surface area contributed by atoms with E-state index in [0.29, 0.717) is 26.3 Å². The zero-order valence-corrected chi connectivity index (χ0v) is 14.2. The summed E-state index contributed by atoms with van der Waals surface area (Å²) in [5.74, 6) is -1.20. The number of carbonyl (C=O) groups excluding carboxylic acids is 2. The van der Waals surface area contributed by atoms with Crippen LogP contribution in [-0.2, 0) is 33.3 Å². The summed E-state index contributed by atoms with van der Waals surface area (Å²) in [4.78, 5) is 23.3. The molecule has 0 bridgehead atoms. The molecule has 9 heteroatoms. The summed E-state index contributed by atoms with van der Waals surface area (Å²) in [6.45, 7) is 5.39. The Labute approximate surface area is 141 Å². The molecular weight excluding hydrogens is 320 g/mol. The molecule has 2 atom stereocenters. The number of nitrogens with one attached hydrogen (secondary N) is 2. The fourth-order valence-corrected chi connectivity index (χ4v) is 2.46. The topological polar surface area (TPSA) is 104 Å². The Kier molecular flexibility index (Phi) is 7.38. The molecule has 2 saturated heterocycles. The molecule has 0 saturated carbocycles. The van der Waals surface area contributed by atoms with E-state index in [1.807, 2.05) is 0 Å². The Morgan fingerprint density at radius 3 is 1.75 bits per heavy atom. The maximum Gasteiger partial charge on any atom is 0.246 e. The number of rotatable bonds is 0. The summed E-state index contributed by atoms with van der Waals surface area (Å²) in [7, 11) is 0. The lowest BCUT2D eigenvalue weighted by Gasteiger charge is -2.16. The molecule has 2 rings (SSSR count). The molecule has 0 aromatic rings. The van der Waals surface area contributed by atoms with Crippen LogP contribution in [0.15, 0.2) is 0 Å². The van der Waals surface area contributed by atoms with Gasteiger partial charge in [-0.25, -0.2) is 0 Å². The van der Waals surface area contributed by atoms with Gasteiger partial charge in [-0.15, -0.1) is 0 Å². The Bertz CT molecular complexity index is 394. The molecule has 0 unspecified atom stereocenters. The second kappa shape index (κ2) is 9.28. The molecule has 2 fully saturated rings. The summed E-state index contributed by atoms with van der Waals surface area (Å²) < 4.78 is 27.6. The van der Waals surface area contributed by atoms with E-state index in [2.05, 4.69) is 10.6 Å². The van der Waals surface area contributed by atoms with Crippen molar-refractivity contribution in [2.75, 3.05) is 52.7 Å². The monoisotopic (exact) mass is 346 g/mol. The van der Waals surface area contributed by atoms with Gasteiger partial charge in [0.2, 0.25) is 11.8 Å². The fourth-order valence-electron chi connectivity index (χ4n) is 2.46. The smallest absolute Gasteiger partial charge is 0.246 e. The van der Waals surface area contributed by atoms with E-state index in [9.17, 15) is 9.59 Å². The predicted molar refractivity (Wildman–Crippen MR) is 82.3 cm³/mol. The molecule has 2 aliphatic heterocycles. The first kappa shape index (κ1) is 19.1. The standard InChI is InChI=1S/C15H26N2O7/c1-15(2)23-11-7-21-9-13(18)16-3-5-20-6-4-17-14(19)10-22-8-12(11)24-15/h11-12H,3-10H2,1-2H3,(H,16,18)(H,17,19)/t11-,12-/m0/s1. The highest BCUT2D eigenvalue weighted by Gasteiger charge is 2.41. The van der Waals surface area contributed by atoms with E-state index in [1.165, 1.54) is 0 Å². The van der Waals surface area contributed by atoms with Crippen LogP contribution in [0.2, 0.25) is 0 Å². The van der Waals surface area contributed by atoms with Crippen LogP contribution in [-0.4, -0.2) is 82.5 Å². The van der Waals surface area contributed by atoms with Gasteiger partial charge in [0.1, 0.15) is 25.4 Å². The van der Waals surface area contributed by atoms with Gasteiger partial charge in [0.15, 0.2) is 5.79 Å². The van der Waals surface area contributed by atoms with Gasteiger partial charge in [0, 0.05) is 13.1 Å². The van der Waals surface area contributed by atoms with Crippen molar-refractivity contribution in [3.63, 3.8) is 0 Å². The normalized spacial score (nSPS) is 30.8. The van der Waals surface area contributed by atoms with E-state index >= 15 is 0 Å². The Hall–Kier alpha value is -1.26. The largest absolute Gasteiger partial charge is 0.378 e. The SMILES string of the molecule is CC1(C)O[C@H]2COCC(=O)NCCOCCNC(=O)COC[C@@H]2O1. The van der Waals surface area contributed by atoms with Crippen molar-refractivity contribution in [1.29, 1.82) is 0 Å². The highest BCUT2D eigenvalue weighted by Crippen LogP contribution is 2.28. The van der Waals surface area contributed by atoms with Gasteiger partial charge in [-0.3, -0.25) is 9.59 Å². The molecule has 0 aromatic carbocycles. The molecule has 2 heterocycles. The van der Waals surface area contributed by atoms with Crippen molar-refractivity contribution in [2.24, 2.45) is 0 Å². The quantitative estimate of drug-likeness (QED) is 0.568. The van der Waals surface area contributed by atoms with E-state index in [1.54, 1.807) is 13.8 Å². The molecule has 2 amide bonds. The van der Waals surface area contributed by atoms with Crippen LogP contribution in [0, 0.1) is 0 Å². The number of hydrogen-bond acceptors (Lipinski definition) is 7. The van der Waals surface area contributed by atoms with E-state index < -0.39 is 5.79 Å². The molecule has 0 aliphatic carbocycles. The van der Waals surface area contributed by atoms with Gasteiger partial charge in [-0.05, 0) is 13.8 Å². The van der Waals surface area contributed by atoms with Crippen LogP contribution in [0.25, 0.3) is 0 Å². The van der Waals surface area contributed by atoms with Crippen LogP contribution in [0.4, 0.5) is 0 Å². The van der Waals surface area contributed by atoms with E-state index in [4.69, 9.17) is 23.7 Å². The average Bonchev–Trinajstić information content (AvgIpc) is 2.79. The maximum absolute atomic E-state index is 11.6. The fraction of sp³-hybridized carbons (Fsp3) is 0.867. The van der Waals surface area contributed by atoms with Crippen molar-refractivity contribution in [2.45, 2.75) is 31.8 Å². The first-order valence-corrected chi connectivity index (χ1v) is 8.08. The van der Waals surface area contributed by atoms with Crippen LogP contribution >= 0.6 is 0 Å². The first-order valence-electron chi connectivity index (χ1n) is 8.08. The summed E-state index contributed by atoms with van der Waals surface area (Å²) in [6, 6.07) is 0. The van der Waals surface area contributed by atoms with E-state index in [0.717, 1.165) is 0 Å². The third-order valence-electron chi connectivity index (χ3n) is 3.45. The number of ether oxygens (including phenoxy) is 5. The lowest BCUT2D eigenvalue weighted by atomic mass is 10.2. The molecular formula is C15H26N2O7. The number of amides is 2. The minimum Gasteiger partial charge on any atom is -0.378 e. The highest BCUT2D eigenvalue weighted by atomic mass is 16.8. The number of hydrogen-bond donors (Lipinski definition) is 2. The summed E-state index contributed by atoms with van der Waals surface area (Å²) in [5, 5.41) is 5.38. The number of carbonyl (C=O) groups is 2.